The van der Waals surface area contributed by atoms with E-state index in [1.165, 1.54) is 0 Å². The van der Waals surface area contributed by atoms with Crippen LogP contribution in [-0.4, -0.2) is 23.7 Å². The first kappa shape index (κ1) is 18.4. The van der Waals surface area contributed by atoms with E-state index in [9.17, 15) is 4.79 Å². The van der Waals surface area contributed by atoms with E-state index < -0.39 is 0 Å². The van der Waals surface area contributed by atoms with E-state index in [2.05, 4.69) is 15.9 Å². The van der Waals surface area contributed by atoms with Crippen molar-refractivity contribution in [2.45, 2.75) is 12.5 Å². The quantitative estimate of drug-likeness (QED) is 0.547. The van der Waals surface area contributed by atoms with Crippen molar-refractivity contribution in [2.75, 3.05) is 7.11 Å². The second-order valence-electron chi connectivity index (χ2n) is 6.56. The average molecular weight is 435 g/mol. The van der Waals surface area contributed by atoms with Gasteiger partial charge in [0.1, 0.15) is 5.75 Å². The number of amides is 1. The van der Waals surface area contributed by atoms with Crippen molar-refractivity contribution in [2.24, 2.45) is 5.10 Å². The van der Waals surface area contributed by atoms with Crippen LogP contribution in [0.3, 0.4) is 0 Å². The molecule has 0 bridgehead atoms. The monoisotopic (exact) mass is 434 g/mol. The SMILES string of the molecule is COc1ccc([C@@H]2CC(c3ccccc3)=NN2C(=O)c2ccc(Br)cc2)cc1. The molecule has 0 saturated heterocycles. The summed E-state index contributed by atoms with van der Waals surface area (Å²) in [6.07, 6.45) is 0.665. The van der Waals surface area contributed by atoms with Crippen LogP contribution in [0.15, 0.2) is 88.4 Å². The normalized spacial score (nSPS) is 16.0. The summed E-state index contributed by atoms with van der Waals surface area (Å²) in [6.45, 7) is 0. The molecule has 28 heavy (non-hydrogen) atoms. The van der Waals surface area contributed by atoms with Crippen LogP contribution in [0.1, 0.15) is 33.9 Å². The molecular formula is C23H19BrN2O2. The van der Waals surface area contributed by atoms with Gasteiger partial charge in [0, 0.05) is 16.5 Å². The molecule has 0 aromatic heterocycles. The molecule has 3 aromatic rings. The number of nitrogens with zero attached hydrogens (tertiary/aromatic N) is 2. The van der Waals surface area contributed by atoms with Gasteiger partial charge in [0.2, 0.25) is 0 Å². The topological polar surface area (TPSA) is 41.9 Å². The van der Waals surface area contributed by atoms with Crippen molar-refractivity contribution in [1.82, 2.24) is 5.01 Å². The molecule has 1 aliphatic rings. The molecule has 0 fully saturated rings. The van der Waals surface area contributed by atoms with Gasteiger partial charge in [0.05, 0.1) is 18.9 Å². The van der Waals surface area contributed by atoms with Gasteiger partial charge >= 0.3 is 0 Å². The molecule has 5 heteroatoms. The highest BCUT2D eigenvalue weighted by Crippen LogP contribution is 2.34. The first-order chi connectivity index (χ1) is 13.7. The van der Waals surface area contributed by atoms with Gasteiger partial charge in [-0.15, -0.1) is 0 Å². The number of rotatable bonds is 4. The molecule has 0 radical (unpaired) electrons. The molecule has 1 aliphatic heterocycles. The summed E-state index contributed by atoms with van der Waals surface area (Å²) in [6, 6.07) is 25.0. The number of carbonyl (C=O) groups is 1. The number of benzene rings is 3. The van der Waals surface area contributed by atoms with Gasteiger partial charge in [0.15, 0.2) is 0 Å². The Morgan fingerprint density at radius 1 is 1.00 bits per heavy atom. The molecule has 0 N–H and O–H groups in total. The zero-order valence-corrected chi connectivity index (χ0v) is 17.0. The number of ether oxygens (including phenoxy) is 1. The Morgan fingerprint density at radius 2 is 1.68 bits per heavy atom. The third-order valence-corrected chi connectivity index (χ3v) is 5.35. The number of carbonyl (C=O) groups excluding carboxylic acids is 1. The molecular weight excluding hydrogens is 416 g/mol. The van der Waals surface area contributed by atoms with Crippen LogP contribution < -0.4 is 4.74 Å². The van der Waals surface area contributed by atoms with E-state index in [4.69, 9.17) is 9.84 Å². The third kappa shape index (κ3) is 3.71. The minimum atomic E-state index is -0.155. The van der Waals surface area contributed by atoms with Crippen LogP contribution in [0.2, 0.25) is 0 Å². The van der Waals surface area contributed by atoms with E-state index in [-0.39, 0.29) is 11.9 Å². The van der Waals surface area contributed by atoms with Crippen LogP contribution in [0.4, 0.5) is 0 Å². The van der Waals surface area contributed by atoms with Crippen molar-refractivity contribution in [3.63, 3.8) is 0 Å². The fraction of sp³-hybridized carbons (Fsp3) is 0.130. The highest BCUT2D eigenvalue weighted by atomic mass is 79.9. The first-order valence-corrected chi connectivity index (χ1v) is 9.81. The molecule has 3 aromatic carbocycles. The first-order valence-electron chi connectivity index (χ1n) is 9.01. The zero-order valence-electron chi connectivity index (χ0n) is 15.4. The van der Waals surface area contributed by atoms with E-state index in [1.54, 1.807) is 12.1 Å². The van der Waals surface area contributed by atoms with Gasteiger partial charge in [-0.25, -0.2) is 5.01 Å². The maximum atomic E-state index is 13.2. The predicted octanol–water partition coefficient (Wildman–Crippen LogP) is 5.45. The lowest BCUT2D eigenvalue weighted by molar-refractivity contribution is 0.0711. The van der Waals surface area contributed by atoms with E-state index in [0.717, 1.165) is 27.1 Å². The second kappa shape index (κ2) is 7.98. The number of hydrogen-bond acceptors (Lipinski definition) is 3. The highest BCUT2D eigenvalue weighted by Gasteiger charge is 2.33. The van der Waals surface area contributed by atoms with E-state index in [0.29, 0.717) is 12.0 Å². The average Bonchev–Trinajstić information content (AvgIpc) is 3.20. The smallest absolute Gasteiger partial charge is 0.274 e. The standard InChI is InChI=1S/C23H19BrN2O2/c1-28-20-13-9-17(10-14-20)22-15-21(16-5-3-2-4-6-16)25-26(22)23(27)18-7-11-19(24)12-8-18/h2-14,22H,15H2,1H3/t22-/m0/s1. The van der Waals surface area contributed by atoms with Gasteiger partial charge in [0.25, 0.3) is 5.91 Å². The molecule has 0 aliphatic carbocycles. The molecule has 1 heterocycles. The van der Waals surface area contributed by atoms with Gasteiger partial charge in [-0.3, -0.25) is 4.79 Å². The van der Waals surface area contributed by atoms with E-state index in [1.807, 2.05) is 78.9 Å². The summed E-state index contributed by atoms with van der Waals surface area (Å²) in [5.41, 5.74) is 3.58. The minimum absolute atomic E-state index is 0.112. The Morgan fingerprint density at radius 3 is 2.32 bits per heavy atom. The maximum Gasteiger partial charge on any atom is 0.274 e. The van der Waals surface area contributed by atoms with Crippen molar-refractivity contribution in [3.8, 4) is 5.75 Å². The number of hydrazone groups is 1. The van der Waals surface area contributed by atoms with Crippen molar-refractivity contribution >= 4 is 27.5 Å². The molecule has 0 spiro atoms. The Hall–Kier alpha value is -2.92. The zero-order chi connectivity index (χ0) is 19.5. The third-order valence-electron chi connectivity index (χ3n) is 4.82. The predicted molar refractivity (Wildman–Crippen MR) is 114 cm³/mol. The molecule has 1 amide bonds. The summed E-state index contributed by atoms with van der Waals surface area (Å²) in [5, 5.41) is 6.32. The lowest BCUT2D eigenvalue weighted by atomic mass is 9.98. The Bertz CT molecular complexity index is 999. The lowest BCUT2D eigenvalue weighted by Crippen LogP contribution is -2.27. The van der Waals surface area contributed by atoms with Crippen molar-refractivity contribution < 1.29 is 9.53 Å². The minimum Gasteiger partial charge on any atom is -0.497 e. The fourth-order valence-electron chi connectivity index (χ4n) is 3.31. The van der Waals surface area contributed by atoms with Gasteiger partial charge < -0.3 is 4.74 Å². The highest BCUT2D eigenvalue weighted by molar-refractivity contribution is 9.10. The van der Waals surface area contributed by atoms with Crippen LogP contribution >= 0.6 is 15.9 Å². The molecule has 140 valence electrons. The summed E-state index contributed by atoms with van der Waals surface area (Å²) in [5.74, 6) is 0.677. The summed E-state index contributed by atoms with van der Waals surface area (Å²) in [4.78, 5) is 13.2. The molecule has 0 saturated carbocycles. The summed E-state index contributed by atoms with van der Waals surface area (Å²) in [7, 11) is 1.64. The van der Waals surface area contributed by atoms with E-state index >= 15 is 0 Å². The Kier molecular flexibility index (Phi) is 5.26. The Balaban J connectivity index is 1.71. The van der Waals surface area contributed by atoms with Crippen LogP contribution in [-0.2, 0) is 0 Å². The number of methoxy groups -OCH3 is 1. The second-order valence-corrected chi connectivity index (χ2v) is 7.48. The molecule has 4 rings (SSSR count). The fourth-order valence-corrected chi connectivity index (χ4v) is 3.58. The summed E-state index contributed by atoms with van der Waals surface area (Å²) < 4.78 is 6.20. The van der Waals surface area contributed by atoms with Gasteiger partial charge in [-0.1, -0.05) is 58.4 Å². The molecule has 1 atom stereocenters. The van der Waals surface area contributed by atoms with Crippen LogP contribution in [0.25, 0.3) is 0 Å². The molecule has 4 nitrogen and oxygen atoms in total. The van der Waals surface area contributed by atoms with Gasteiger partial charge in [-0.05, 0) is 47.5 Å². The Labute approximate surface area is 172 Å². The number of halogens is 1. The largest absolute Gasteiger partial charge is 0.497 e. The molecule has 0 unspecified atom stereocenters. The van der Waals surface area contributed by atoms with Crippen molar-refractivity contribution in [3.05, 3.63) is 100 Å². The lowest BCUT2D eigenvalue weighted by Gasteiger charge is -2.22. The van der Waals surface area contributed by atoms with Crippen LogP contribution in [0.5, 0.6) is 5.75 Å². The van der Waals surface area contributed by atoms with Crippen LogP contribution in [0, 0.1) is 0 Å². The van der Waals surface area contributed by atoms with Gasteiger partial charge in [-0.2, -0.15) is 5.10 Å². The summed E-state index contributed by atoms with van der Waals surface area (Å²) >= 11 is 3.42. The maximum absolute atomic E-state index is 13.2. The number of hydrogen-bond donors (Lipinski definition) is 0. The van der Waals surface area contributed by atoms with Crippen molar-refractivity contribution in [1.29, 1.82) is 0 Å².